The maximum Gasteiger partial charge on any atom is 0.246 e. The number of nitrogens with zero attached hydrogens (tertiary/aromatic N) is 3. The number of aryl methyl sites for hydroxylation is 1. The molecule has 20 heavy (non-hydrogen) atoms. The van der Waals surface area contributed by atoms with Gasteiger partial charge in [-0.15, -0.1) is 0 Å². The lowest BCUT2D eigenvalue weighted by Gasteiger charge is -2.33. The Balaban J connectivity index is 2.05. The first-order chi connectivity index (χ1) is 9.40. The van der Waals surface area contributed by atoms with Crippen LogP contribution in [-0.4, -0.2) is 27.4 Å². The number of likely N-dealkylation sites (N-methyl/N-ethyl adjacent to an activating group) is 1. The van der Waals surface area contributed by atoms with Gasteiger partial charge in [0.15, 0.2) is 0 Å². The van der Waals surface area contributed by atoms with Crippen molar-refractivity contribution >= 4 is 5.91 Å². The van der Waals surface area contributed by atoms with Crippen molar-refractivity contribution in [3.05, 3.63) is 29.9 Å². The highest BCUT2D eigenvalue weighted by atomic mass is 16.2. The van der Waals surface area contributed by atoms with Crippen molar-refractivity contribution in [3.63, 3.8) is 0 Å². The fraction of sp³-hybridized carbons (Fsp3) is 0.625. The first-order valence-corrected chi connectivity index (χ1v) is 7.32. The SMILES string of the molecule is CN(Cc1nccn1C)C(=O)/C=C1/CCCCC1(C)C. The van der Waals surface area contributed by atoms with Crippen LogP contribution < -0.4 is 0 Å². The molecule has 0 atom stereocenters. The summed E-state index contributed by atoms with van der Waals surface area (Å²) < 4.78 is 1.95. The summed E-state index contributed by atoms with van der Waals surface area (Å²) in [4.78, 5) is 18.3. The first kappa shape index (κ1) is 14.8. The highest BCUT2D eigenvalue weighted by Gasteiger charge is 2.27. The van der Waals surface area contributed by atoms with Crippen LogP contribution in [0.3, 0.4) is 0 Å². The van der Waals surface area contributed by atoms with Gasteiger partial charge < -0.3 is 9.47 Å². The van der Waals surface area contributed by atoms with Gasteiger partial charge in [0, 0.05) is 32.6 Å². The minimum Gasteiger partial charge on any atom is -0.337 e. The standard InChI is InChI=1S/C16H25N3O/c1-16(2)8-6-5-7-13(16)11-15(20)19(4)12-14-17-9-10-18(14)3/h9-11H,5-8,12H2,1-4H3/b13-11-. The molecular weight excluding hydrogens is 250 g/mol. The highest BCUT2D eigenvalue weighted by Crippen LogP contribution is 2.39. The topological polar surface area (TPSA) is 38.1 Å². The lowest BCUT2D eigenvalue weighted by Crippen LogP contribution is -2.28. The molecule has 1 fully saturated rings. The molecule has 1 aromatic heterocycles. The van der Waals surface area contributed by atoms with E-state index in [0.29, 0.717) is 6.54 Å². The maximum atomic E-state index is 12.3. The van der Waals surface area contributed by atoms with Crippen LogP contribution in [0.25, 0.3) is 0 Å². The van der Waals surface area contributed by atoms with Gasteiger partial charge in [0.2, 0.25) is 5.91 Å². The lowest BCUT2D eigenvalue weighted by atomic mass is 9.73. The molecule has 1 amide bonds. The molecule has 1 heterocycles. The Labute approximate surface area is 121 Å². The van der Waals surface area contributed by atoms with E-state index in [2.05, 4.69) is 18.8 Å². The van der Waals surface area contributed by atoms with Crippen LogP contribution in [0.15, 0.2) is 24.0 Å². The number of carbonyl (C=O) groups is 1. The third-order valence-corrected chi connectivity index (χ3v) is 4.34. The Morgan fingerprint density at radius 2 is 2.25 bits per heavy atom. The molecule has 0 aromatic carbocycles. The lowest BCUT2D eigenvalue weighted by molar-refractivity contribution is -0.125. The van der Waals surface area contributed by atoms with Crippen LogP contribution in [0.4, 0.5) is 0 Å². The fourth-order valence-corrected chi connectivity index (χ4v) is 2.75. The molecule has 0 saturated heterocycles. The van der Waals surface area contributed by atoms with Gasteiger partial charge in [0.25, 0.3) is 0 Å². The van der Waals surface area contributed by atoms with Crippen LogP contribution in [0.2, 0.25) is 0 Å². The Morgan fingerprint density at radius 3 is 2.85 bits per heavy atom. The average molecular weight is 275 g/mol. The monoisotopic (exact) mass is 275 g/mol. The Morgan fingerprint density at radius 1 is 1.50 bits per heavy atom. The van der Waals surface area contributed by atoms with E-state index in [-0.39, 0.29) is 11.3 Å². The van der Waals surface area contributed by atoms with Gasteiger partial charge in [-0.2, -0.15) is 0 Å². The summed E-state index contributed by atoms with van der Waals surface area (Å²) in [6, 6.07) is 0. The van der Waals surface area contributed by atoms with Crippen LogP contribution in [0.5, 0.6) is 0 Å². The van der Waals surface area contributed by atoms with Crippen molar-refractivity contribution in [2.45, 2.75) is 46.1 Å². The van der Waals surface area contributed by atoms with Gasteiger partial charge in [0.05, 0.1) is 6.54 Å². The van der Waals surface area contributed by atoms with Crippen molar-refractivity contribution in [1.82, 2.24) is 14.5 Å². The van der Waals surface area contributed by atoms with E-state index in [0.717, 1.165) is 12.2 Å². The molecule has 1 aromatic rings. The third-order valence-electron chi connectivity index (χ3n) is 4.34. The van der Waals surface area contributed by atoms with Gasteiger partial charge in [-0.05, 0) is 24.7 Å². The number of hydrogen-bond acceptors (Lipinski definition) is 2. The normalized spacial score (nSPS) is 20.1. The maximum absolute atomic E-state index is 12.3. The largest absolute Gasteiger partial charge is 0.337 e. The Hall–Kier alpha value is -1.58. The number of hydrogen-bond donors (Lipinski definition) is 0. The quantitative estimate of drug-likeness (QED) is 0.796. The van der Waals surface area contributed by atoms with Crippen molar-refractivity contribution in [1.29, 1.82) is 0 Å². The van der Waals surface area contributed by atoms with Gasteiger partial charge >= 0.3 is 0 Å². The summed E-state index contributed by atoms with van der Waals surface area (Å²) in [5.74, 6) is 0.986. The van der Waals surface area contributed by atoms with E-state index in [1.807, 2.05) is 30.9 Å². The summed E-state index contributed by atoms with van der Waals surface area (Å²) in [6.07, 6.45) is 10.2. The van der Waals surface area contributed by atoms with E-state index in [9.17, 15) is 4.79 Å². The second-order valence-corrected chi connectivity index (χ2v) is 6.41. The van der Waals surface area contributed by atoms with Crippen molar-refractivity contribution in [2.24, 2.45) is 12.5 Å². The van der Waals surface area contributed by atoms with Gasteiger partial charge in [-0.3, -0.25) is 4.79 Å². The van der Waals surface area contributed by atoms with E-state index in [1.165, 1.54) is 24.8 Å². The first-order valence-electron chi connectivity index (χ1n) is 7.32. The van der Waals surface area contributed by atoms with E-state index >= 15 is 0 Å². The number of aromatic nitrogens is 2. The predicted octanol–water partition coefficient (Wildman–Crippen LogP) is 2.91. The number of carbonyl (C=O) groups excluding carboxylic acids is 1. The molecule has 0 radical (unpaired) electrons. The average Bonchev–Trinajstić information content (AvgIpc) is 2.77. The van der Waals surface area contributed by atoms with Crippen molar-refractivity contribution in [3.8, 4) is 0 Å². The van der Waals surface area contributed by atoms with Gasteiger partial charge in [-0.25, -0.2) is 4.98 Å². The zero-order valence-electron chi connectivity index (χ0n) is 13.0. The van der Waals surface area contributed by atoms with Crippen molar-refractivity contribution in [2.75, 3.05) is 7.05 Å². The second-order valence-electron chi connectivity index (χ2n) is 6.41. The van der Waals surface area contributed by atoms with Crippen LogP contribution in [-0.2, 0) is 18.4 Å². The Bertz CT molecular complexity index is 514. The number of imidazole rings is 1. The van der Waals surface area contributed by atoms with Gasteiger partial charge in [0.1, 0.15) is 5.82 Å². The van der Waals surface area contributed by atoms with E-state index in [4.69, 9.17) is 0 Å². The van der Waals surface area contributed by atoms with Crippen LogP contribution in [0, 0.1) is 5.41 Å². The number of rotatable bonds is 3. The summed E-state index contributed by atoms with van der Waals surface area (Å²) in [7, 11) is 3.78. The number of allylic oxidation sites excluding steroid dienone is 1. The van der Waals surface area contributed by atoms with Crippen molar-refractivity contribution < 1.29 is 4.79 Å². The number of amides is 1. The fourth-order valence-electron chi connectivity index (χ4n) is 2.75. The minimum atomic E-state index is 0.0815. The zero-order chi connectivity index (χ0) is 14.8. The summed E-state index contributed by atoms with van der Waals surface area (Å²) in [6.45, 7) is 5.03. The molecule has 110 valence electrons. The molecule has 0 spiro atoms. The molecule has 1 saturated carbocycles. The molecule has 0 bridgehead atoms. The molecule has 2 rings (SSSR count). The smallest absolute Gasteiger partial charge is 0.246 e. The molecule has 0 aliphatic heterocycles. The molecule has 0 N–H and O–H groups in total. The molecule has 0 unspecified atom stereocenters. The third kappa shape index (κ3) is 3.30. The van der Waals surface area contributed by atoms with Crippen LogP contribution >= 0.6 is 0 Å². The zero-order valence-corrected chi connectivity index (χ0v) is 13.0. The predicted molar refractivity (Wildman–Crippen MR) is 80.0 cm³/mol. The highest BCUT2D eigenvalue weighted by molar-refractivity contribution is 5.88. The molecule has 1 aliphatic rings. The van der Waals surface area contributed by atoms with E-state index < -0.39 is 0 Å². The van der Waals surface area contributed by atoms with E-state index in [1.54, 1.807) is 11.1 Å². The molecule has 4 nitrogen and oxygen atoms in total. The summed E-state index contributed by atoms with van der Waals surface area (Å²) in [5, 5.41) is 0. The summed E-state index contributed by atoms with van der Waals surface area (Å²) >= 11 is 0. The minimum absolute atomic E-state index is 0.0815. The molecule has 1 aliphatic carbocycles. The van der Waals surface area contributed by atoms with Gasteiger partial charge in [-0.1, -0.05) is 25.8 Å². The molecule has 4 heteroatoms. The van der Waals surface area contributed by atoms with Crippen LogP contribution in [0.1, 0.15) is 45.4 Å². The molecular formula is C16H25N3O. The Kier molecular flexibility index (Phi) is 4.31. The summed E-state index contributed by atoms with van der Waals surface area (Å²) in [5.41, 5.74) is 1.46. The second kappa shape index (κ2) is 5.81.